The summed E-state index contributed by atoms with van der Waals surface area (Å²) in [6.07, 6.45) is 2.75. The summed E-state index contributed by atoms with van der Waals surface area (Å²) in [6.45, 7) is 2.12. The van der Waals surface area contributed by atoms with Crippen molar-refractivity contribution in [1.29, 1.82) is 0 Å². The maximum Gasteiger partial charge on any atom is 0.335 e. The zero-order valence-electron chi connectivity index (χ0n) is 12.0. The lowest BCUT2D eigenvalue weighted by atomic mass is 9.95. The summed E-state index contributed by atoms with van der Waals surface area (Å²) in [5.74, 6) is 0.0349. The summed E-state index contributed by atoms with van der Waals surface area (Å²) in [5.41, 5.74) is 3.73. The van der Waals surface area contributed by atoms with Gasteiger partial charge in [-0.15, -0.1) is 0 Å². The Morgan fingerprint density at radius 1 is 1.29 bits per heavy atom. The first-order valence-electron chi connectivity index (χ1n) is 7.29. The fraction of sp³-hybridized carbons (Fsp3) is 0.278. The molecule has 2 aromatic rings. The average Bonchev–Trinajstić information content (AvgIpc) is 2.53. The van der Waals surface area contributed by atoms with Gasteiger partial charge in [0.05, 0.1) is 5.56 Å². The highest BCUT2D eigenvalue weighted by molar-refractivity contribution is 5.87. The van der Waals surface area contributed by atoms with E-state index in [-0.39, 0.29) is 6.10 Å². The highest BCUT2D eigenvalue weighted by Crippen LogP contribution is 2.35. The Labute approximate surface area is 124 Å². The minimum absolute atomic E-state index is 0.0658. The highest BCUT2D eigenvalue weighted by Gasteiger charge is 2.22. The van der Waals surface area contributed by atoms with Crippen molar-refractivity contribution >= 4 is 5.97 Å². The Hall–Kier alpha value is -2.29. The van der Waals surface area contributed by atoms with Crippen molar-refractivity contribution in [3.8, 4) is 5.75 Å². The number of fused-ring (bicyclic) bond motifs is 1. The second-order valence-electron chi connectivity index (χ2n) is 5.37. The minimum Gasteiger partial charge on any atom is -0.485 e. The summed E-state index contributed by atoms with van der Waals surface area (Å²) < 4.78 is 6.10. The Kier molecular flexibility index (Phi) is 3.65. The van der Waals surface area contributed by atoms with Crippen LogP contribution in [0, 0.1) is 0 Å². The van der Waals surface area contributed by atoms with Crippen molar-refractivity contribution in [1.82, 2.24) is 0 Å². The molecule has 3 heteroatoms. The van der Waals surface area contributed by atoms with Gasteiger partial charge in [-0.05, 0) is 54.2 Å². The van der Waals surface area contributed by atoms with Gasteiger partial charge in [0.2, 0.25) is 0 Å². The third kappa shape index (κ3) is 2.77. The molecule has 3 rings (SSSR count). The predicted octanol–water partition coefficient (Wildman–Crippen LogP) is 4.01. The molecule has 1 aliphatic heterocycles. The van der Waals surface area contributed by atoms with Crippen molar-refractivity contribution in [3.05, 3.63) is 64.7 Å². The number of benzene rings is 2. The number of aromatic carboxylic acids is 1. The van der Waals surface area contributed by atoms with Crippen LogP contribution < -0.4 is 4.74 Å². The van der Waals surface area contributed by atoms with Crippen LogP contribution in [-0.4, -0.2) is 11.1 Å². The van der Waals surface area contributed by atoms with Crippen molar-refractivity contribution < 1.29 is 14.6 Å². The number of hydrogen-bond acceptors (Lipinski definition) is 2. The molecule has 1 aliphatic rings. The molecule has 0 aliphatic carbocycles. The Morgan fingerprint density at radius 2 is 2.14 bits per heavy atom. The van der Waals surface area contributed by atoms with Gasteiger partial charge in [-0.25, -0.2) is 4.79 Å². The Bertz CT molecular complexity index is 676. The molecule has 0 spiro atoms. The van der Waals surface area contributed by atoms with Crippen LogP contribution in [0.1, 0.15) is 46.5 Å². The molecule has 0 aromatic heterocycles. The first kappa shape index (κ1) is 13.7. The van der Waals surface area contributed by atoms with E-state index in [9.17, 15) is 4.79 Å². The van der Waals surface area contributed by atoms with Gasteiger partial charge in [0.15, 0.2) is 0 Å². The molecular weight excluding hydrogens is 264 g/mol. The molecule has 1 N–H and O–H groups in total. The molecule has 0 saturated carbocycles. The highest BCUT2D eigenvalue weighted by atomic mass is 16.5. The number of hydrogen-bond donors (Lipinski definition) is 1. The summed E-state index contributed by atoms with van der Waals surface area (Å²) in [6, 6.07) is 13.4. The molecule has 3 nitrogen and oxygen atoms in total. The summed E-state index contributed by atoms with van der Waals surface area (Å²) in [4.78, 5) is 11.1. The lowest BCUT2D eigenvalue weighted by molar-refractivity contribution is 0.0696. The largest absolute Gasteiger partial charge is 0.485 e. The van der Waals surface area contributed by atoms with Gasteiger partial charge in [0.1, 0.15) is 11.9 Å². The van der Waals surface area contributed by atoms with E-state index < -0.39 is 5.97 Å². The molecule has 108 valence electrons. The van der Waals surface area contributed by atoms with E-state index in [1.54, 1.807) is 18.2 Å². The molecule has 1 heterocycles. The topological polar surface area (TPSA) is 46.5 Å². The van der Waals surface area contributed by atoms with E-state index in [0.29, 0.717) is 5.56 Å². The van der Waals surface area contributed by atoms with E-state index in [1.165, 1.54) is 11.1 Å². The molecule has 21 heavy (non-hydrogen) atoms. The molecule has 2 aromatic carbocycles. The maximum atomic E-state index is 11.1. The van der Waals surface area contributed by atoms with Gasteiger partial charge >= 0.3 is 5.97 Å². The van der Waals surface area contributed by atoms with Crippen molar-refractivity contribution in [2.75, 3.05) is 0 Å². The van der Waals surface area contributed by atoms with Gasteiger partial charge in [0.25, 0.3) is 0 Å². The normalized spacial score (nSPS) is 16.9. The SMILES string of the molecule is CCc1ccc2c(c1)OC(c1cccc(C(=O)O)c1)CC2. The molecule has 0 fully saturated rings. The van der Waals surface area contributed by atoms with Gasteiger partial charge in [-0.1, -0.05) is 31.2 Å². The quantitative estimate of drug-likeness (QED) is 0.925. The van der Waals surface area contributed by atoms with Crippen LogP contribution in [0.2, 0.25) is 0 Å². The fourth-order valence-electron chi connectivity index (χ4n) is 2.74. The summed E-state index contributed by atoms with van der Waals surface area (Å²) in [5, 5.41) is 9.09. The number of ether oxygens (including phenoxy) is 1. The van der Waals surface area contributed by atoms with Gasteiger partial charge in [-0.3, -0.25) is 0 Å². The van der Waals surface area contributed by atoms with Gasteiger partial charge in [-0.2, -0.15) is 0 Å². The number of carboxylic acid groups (broad SMARTS) is 1. The Morgan fingerprint density at radius 3 is 2.90 bits per heavy atom. The zero-order valence-corrected chi connectivity index (χ0v) is 12.0. The minimum atomic E-state index is -0.902. The van der Waals surface area contributed by atoms with Gasteiger partial charge in [0, 0.05) is 0 Å². The fourth-order valence-corrected chi connectivity index (χ4v) is 2.74. The van der Waals surface area contributed by atoms with Crippen LogP contribution in [0.3, 0.4) is 0 Å². The maximum absolute atomic E-state index is 11.1. The number of aryl methyl sites for hydroxylation is 2. The first-order chi connectivity index (χ1) is 10.2. The van der Waals surface area contributed by atoms with Crippen LogP contribution in [0.25, 0.3) is 0 Å². The zero-order chi connectivity index (χ0) is 14.8. The molecular formula is C18H18O3. The smallest absolute Gasteiger partial charge is 0.335 e. The van der Waals surface area contributed by atoms with E-state index >= 15 is 0 Å². The second kappa shape index (κ2) is 5.60. The number of carbonyl (C=O) groups is 1. The third-order valence-corrected chi connectivity index (χ3v) is 3.99. The van der Waals surface area contributed by atoms with Crippen molar-refractivity contribution in [3.63, 3.8) is 0 Å². The van der Waals surface area contributed by atoms with E-state index in [0.717, 1.165) is 30.6 Å². The van der Waals surface area contributed by atoms with Crippen molar-refractivity contribution in [2.45, 2.75) is 32.3 Å². The molecule has 0 amide bonds. The number of carboxylic acids is 1. The number of rotatable bonds is 3. The van der Waals surface area contributed by atoms with Crippen LogP contribution in [0.15, 0.2) is 42.5 Å². The summed E-state index contributed by atoms with van der Waals surface area (Å²) >= 11 is 0. The molecule has 1 unspecified atom stereocenters. The molecule has 0 saturated heterocycles. The first-order valence-corrected chi connectivity index (χ1v) is 7.29. The lowest BCUT2D eigenvalue weighted by Crippen LogP contribution is -2.15. The van der Waals surface area contributed by atoms with Crippen LogP contribution >= 0.6 is 0 Å². The van der Waals surface area contributed by atoms with E-state index in [2.05, 4.69) is 25.1 Å². The molecule has 0 bridgehead atoms. The Balaban J connectivity index is 1.88. The van der Waals surface area contributed by atoms with Crippen LogP contribution in [0.5, 0.6) is 5.75 Å². The lowest BCUT2D eigenvalue weighted by Gasteiger charge is -2.27. The molecule has 1 atom stereocenters. The third-order valence-electron chi connectivity index (χ3n) is 3.99. The second-order valence-corrected chi connectivity index (χ2v) is 5.37. The van der Waals surface area contributed by atoms with E-state index in [1.807, 2.05) is 6.07 Å². The monoisotopic (exact) mass is 282 g/mol. The van der Waals surface area contributed by atoms with Crippen LogP contribution in [-0.2, 0) is 12.8 Å². The van der Waals surface area contributed by atoms with Crippen LogP contribution in [0.4, 0.5) is 0 Å². The summed E-state index contributed by atoms with van der Waals surface area (Å²) in [7, 11) is 0. The van der Waals surface area contributed by atoms with Gasteiger partial charge < -0.3 is 9.84 Å². The van der Waals surface area contributed by atoms with E-state index in [4.69, 9.17) is 9.84 Å². The predicted molar refractivity (Wildman–Crippen MR) is 80.9 cm³/mol. The standard InChI is InChI=1S/C18H18O3/c1-2-12-6-7-13-8-9-16(21-17(13)10-12)14-4-3-5-15(11-14)18(19)20/h3-7,10-11,16H,2,8-9H2,1H3,(H,19,20). The average molecular weight is 282 g/mol. The van der Waals surface area contributed by atoms with Crippen molar-refractivity contribution in [2.24, 2.45) is 0 Å². The molecule has 0 radical (unpaired) electrons.